The summed E-state index contributed by atoms with van der Waals surface area (Å²) < 4.78 is 2.44. The van der Waals surface area contributed by atoms with Crippen molar-refractivity contribution in [3.63, 3.8) is 0 Å². The summed E-state index contributed by atoms with van der Waals surface area (Å²) >= 11 is 1.82. The molecule has 9 aromatic carbocycles. The molecule has 3 nitrogen and oxygen atoms in total. The SMILES string of the molecule is c1ccc(-c2ccc(-c3nc(-c4cccc5c(-c6ccccc6)cccc45)nc(-c4cccc5sc6c(-c7cccc(-c8ccccc8)c7)cccc6c45)n3)cc2)cc1. The molecule has 0 spiro atoms. The van der Waals surface area contributed by atoms with Gasteiger partial charge in [0.15, 0.2) is 17.5 Å². The number of benzene rings is 9. The summed E-state index contributed by atoms with van der Waals surface area (Å²) in [6.45, 7) is 0. The normalized spacial score (nSPS) is 11.4. The van der Waals surface area contributed by atoms with Crippen LogP contribution < -0.4 is 0 Å². The van der Waals surface area contributed by atoms with Crippen molar-refractivity contribution in [3.8, 4) is 78.7 Å². The Balaban J connectivity index is 1.11. The minimum Gasteiger partial charge on any atom is -0.208 e. The van der Waals surface area contributed by atoms with Crippen LogP contribution >= 0.6 is 11.3 Å². The number of thiophene rings is 1. The Bertz CT molecular complexity index is 3300. The van der Waals surface area contributed by atoms with E-state index in [-0.39, 0.29) is 0 Å². The number of nitrogens with zero attached hydrogens (tertiary/aromatic N) is 3. The Hall–Kier alpha value is -7.53. The predicted octanol–water partition coefficient (Wildman–Crippen LogP) is 15.1. The van der Waals surface area contributed by atoms with Gasteiger partial charge < -0.3 is 0 Å². The number of hydrogen-bond donors (Lipinski definition) is 0. The number of rotatable bonds is 7. The van der Waals surface area contributed by atoms with E-state index in [0.717, 1.165) is 38.4 Å². The zero-order chi connectivity index (χ0) is 39.1. The molecular weight excluding hydrogens is 735 g/mol. The second-order valence-electron chi connectivity index (χ2n) is 14.7. The fourth-order valence-corrected chi connectivity index (χ4v) is 9.59. The summed E-state index contributed by atoms with van der Waals surface area (Å²) in [5, 5.41) is 4.59. The van der Waals surface area contributed by atoms with Crippen molar-refractivity contribution in [1.29, 1.82) is 0 Å². The fraction of sp³-hybridized carbons (Fsp3) is 0. The van der Waals surface area contributed by atoms with Gasteiger partial charge in [0.25, 0.3) is 0 Å². The molecule has 0 saturated carbocycles. The molecule has 0 atom stereocenters. The molecule has 0 radical (unpaired) electrons. The zero-order valence-corrected chi connectivity index (χ0v) is 32.8. The van der Waals surface area contributed by atoms with Crippen molar-refractivity contribution < 1.29 is 0 Å². The van der Waals surface area contributed by atoms with Crippen LogP contribution in [0.2, 0.25) is 0 Å². The molecule has 2 heterocycles. The highest BCUT2D eigenvalue weighted by Gasteiger charge is 2.20. The summed E-state index contributed by atoms with van der Waals surface area (Å²) in [6.07, 6.45) is 0. The predicted molar refractivity (Wildman–Crippen MR) is 248 cm³/mol. The molecule has 59 heavy (non-hydrogen) atoms. The average Bonchev–Trinajstić information content (AvgIpc) is 3.71. The van der Waals surface area contributed by atoms with Gasteiger partial charge in [-0.3, -0.25) is 0 Å². The smallest absolute Gasteiger partial charge is 0.164 e. The van der Waals surface area contributed by atoms with E-state index >= 15 is 0 Å². The maximum absolute atomic E-state index is 5.36. The molecule has 276 valence electrons. The first-order valence-corrected chi connectivity index (χ1v) is 20.7. The summed E-state index contributed by atoms with van der Waals surface area (Å²) in [5.74, 6) is 1.92. The van der Waals surface area contributed by atoms with E-state index in [9.17, 15) is 0 Å². The molecule has 0 fully saturated rings. The van der Waals surface area contributed by atoms with Crippen molar-refractivity contribution in [1.82, 2.24) is 15.0 Å². The van der Waals surface area contributed by atoms with Gasteiger partial charge in [-0.1, -0.05) is 200 Å². The van der Waals surface area contributed by atoms with Gasteiger partial charge >= 0.3 is 0 Å². The second-order valence-corrected chi connectivity index (χ2v) is 15.8. The first-order valence-electron chi connectivity index (χ1n) is 19.9. The molecule has 0 bridgehead atoms. The van der Waals surface area contributed by atoms with E-state index in [1.54, 1.807) is 0 Å². The summed E-state index contributed by atoms with van der Waals surface area (Å²) in [5.41, 5.74) is 12.4. The van der Waals surface area contributed by atoms with Crippen LogP contribution in [0.3, 0.4) is 0 Å². The molecule has 0 aliphatic rings. The maximum atomic E-state index is 5.36. The Labute approximate surface area is 346 Å². The van der Waals surface area contributed by atoms with Crippen LogP contribution in [0, 0.1) is 0 Å². The second kappa shape index (κ2) is 14.8. The molecule has 4 heteroatoms. The number of fused-ring (bicyclic) bond motifs is 4. The van der Waals surface area contributed by atoms with Gasteiger partial charge in [-0.15, -0.1) is 11.3 Å². The van der Waals surface area contributed by atoms with Crippen LogP contribution in [-0.2, 0) is 0 Å². The van der Waals surface area contributed by atoms with Crippen LogP contribution in [0.15, 0.2) is 212 Å². The molecule has 11 aromatic rings. The van der Waals surface area contributed by atoms with Crippen molar-refractivity contribution >= 4 is 42.3 Å². The molecular formula is C55H35N3S. The summed E-state index contributed by atoms with van der Waals surface area (Å²) in [4.78, 5) is 15.9. The lowest BCUT2D eigenvalue weighted by atomic mass is 9.95. The molecule has 0 aliphatic heterocycles. The van der Waals surface area contributed by atoms with Crippen molar-refractivity contribution in [2.24, 2.45) is 0 Å². The van der Waals surface area contributed by atoms with Crippen LogP contribution in [0.4, 0.5) is 0 Å². The van der Waals surface area contributed by atoms with E-state index in [2.05, 4.69) is 206 Å². The van der Waals surface area contributed by atoms with Gasteiger partial charge in [0.1, 0.15) is 0 Å². The van der Waals surface area contributed by atoms with E-state index in [4.69, 9.17) is 15.0 Å². The average molecular weight is 770 g/mol. The Morgan fingerprint density at radius 1 is 0.271 bits per heavy atom. The minimum atomic E-state index is 0.635. The van der Waals surface area contributed by atoms with Gasteiger partial charge in [0.2, 0.25) is 0 Å². The van der Waals surface area contributed by atoms with Gasteiger partial charge in [-0.05, 0) is 67.4 Å². The lowest BCUT2D eigenvalue weighted by molar-refractivity contribution is 1.08. The monoisotopic (exact) mass is 769 g/mol. The third-order valence-electron chi connectivity index (χ3n) is 11.2. The van der Waals surface area contributed by atoms with Crippen molar-refractivity contribution in [2.45, 2.75) is 0 Å². The Morgan fingerprint density at radius 3 is 1.44 bits per heavy atom. The largest absolute Gasteiger partial charge is 0.208 e. The van der Waals surface area contributed by atoms with Crippen LogP contribution in [0.1, 0.15) is 0 Å². The highest BCUT2D eigenvalue weighted by atomic mass is 32.1. The molecule has 11 rings (SSSR count). The Morgan fingerprint density at radius 2 is 0.729 bits per heavy atom. The van der Waals surface area contributed by atoms with Crippen LogP contribution in [0.25, 0.3) is 110 Å². The molecule has 0 N–H and O–H groups in total. The maximum Gasteiger partial charge on any atom is 0.164 e. The fourth-order valence-electron chi connectivity index (χ4n) is 8.32. The summed E-state index contributed by atoms with van der Waals surface area (Å²) in [7, 11) is 0. The third kappa shape index (κ3) is 6.37. The highest BCUT2D eigenvalue weighted by molar-refractivity contribution is 7.26. The highest BCUT2D eigenvalue weighted by Crippen LogP contribution is 2.44. The van der Waals surface area contributed by atoms with Gasteiger partial charge in [0.05, 0.1) is 0 Å². The first kappa shape index (κ1) is 34.7. The van der Waals surface area contributed by atoms with Gasteiger partial charge in [0, 0.05) is 36.9 Å². The summed E-state index contributed by atoms with van der Waals surface area (Å²) in [6, 6.07) is 75.1. The van der Waals surface area contributed by atoms with E-state index in [0.29, 0.717) is 17.5 Å². The quantitative estimate of drug-likeness (QED) is 0.162. The van der Waals surface area contributed by atoms with Crippen LogP contribution in [-0.4, -0.2) is 15.0 Å². The van der Waals surface area contributed by atoms with E-state index in [1.807, 2.05) is 17.4 Å². The number of aromatic nitrogens is 3. The van der Waals surface area contributed by atoms with E-state index < -0.39 is 0 Å². The Kier molecular flexibility index (Phi) is 8.68. The lowest BCUT2D eigenvalue weighted by Gasteiger charge is -2.13. The standard InChI is InChI=1S/C55H35N3S/c1-4-15-36(16-5-1)38-31-33-40(34-32-38)53-56-54(47-27-13-25-45-43(23-11-26-46(45)47)39-19-8-3-9-20-39)58-55(57-53)49-29-14-30-50-51(49)48-28-12-24-44(52(48)59-50)42-22-10-21-41(35-42)37-17-6-2-7-18-37/h1-35H. The number of hydrogen-bond acceptors (Lipinski definition) is 4. The zero-order valence-electron chi connectivity index (χ0n) is 32.0. The topological polar surface area (TPSA) is 38.7 Å². The molecule has 0 saturated heterocycles. The van der Waals surface area contributed by atoms with Crippen molar-refractivity contribution in [2.75, 3.05) is 0 Å². The van der Waals surface area contributed by atoms with Crippen LogP contribution in [0.5, 0.6) is 0 Å². The lowest BCUT2D eigenvalue weighted by Crippen LogP contribution is -2.01. The molecule has 0 amide bonds. The van der Waals surface area contributed by atoms with Gasteiger partial charge in [-0.25, -0.2) is 15.0 Å². The molecule has 2 aromatic heterocycles. The minimum absolute atomic E-state index is 0.635. The van der Waals surface area contributed by atoms with Crippen molar-refractivity contribution in [3.05, 3.63) is 212 Å². The third-order valence-corrected chi connectivity index (χ3v) is 12.4. The first-order chi connectivity index (χ1) is 29.2. The van der Waals surface area contributed by atoms with Gasteiger partial charge in [-0.2, -0.15) is 0 Å². The molecule has 0 aliphatic carbocycles. The molecule has 0 unspecified atom stereocenters. The van der Waals surface area contributed by atoms with E-state index in [1.165, 1.54) is 53.7 Å².